The van der Waals surface area contributed by atoms with Gasteiger partial charge in [0, 0.05) is 25.4 Å². The minimum absolute atomic E-state index is 0.572. The summed E-state index contributed by atoms with van der Waals surface area (Å²) in [7, 11) is 1.94. The van der Waals surface area contributed by atoms with Crippen molar-refractivity contribution >= 4 is 0 Å². The van der Waals surface area contributed by atoms with Crippen molar-refractivity contribution in [3.63, 3.8) is 0 Å². The van der Waals surface area contributed by atoms with Crippen LogP contribution >= 0.6 is 0 Å². The highest BCUT2D eigenvalue weighted by molar-refractivity contribution is 5.16. The predicted molar refractivity (Wildman–Crippen MR) is 70.7 cm³/mol. The molecule has 0 aliphatic carbocycles. The third-order valence-electron chi connectivity index (χ3n) is 2.77. The zero-order valence-electron chi connectivity index (χ0n) is 10.9. The fourth-order valence-corrected chi connectivity index (χ4v) is 1.87. The molecule has 0 atom stereocenters. The van der Waals surface area contributed by atoms with E-state index in [0.717, 1.165) is 17.7 Å². The molecule has 1 aromatic carbocycles. The monoisotopic (exact) mass is 245 g/mol. The summed E-state index contributed by atoms with van der Waals surface area (Å²) in [6.45, 7) is 3.36. The van der Waals surface area contributed by atoms with Gasteiger partial charge in [0.1, 0.15) is 0 Å². The maximum absolute atomic E-state index is 5.45. The summed E-state index contributed by atoms with van der Waals surface area (Å²) in [5, 5.41) is 4.39. The summed E-state index contributed by atoms with van der Waals surface area (Å²) in [5.74, 6) is 0. The number of nitrogens with zero attached hydrogens (tertiary/aromatic N) is 2. The molecule has 1 N–H and O–H groups in total. The molecule has 0 aliphatic heterocycles. The van der Waals surface area contributed by atoms with Gasteiger partial charge in [-0.15, -0.1) is 0 Å². The number of hydrogen-bond acceptors (Lipinski definition) is 3. The third-order valence-corrected chi connectivity index (χ3v) is 2.77. The van der Waals surface area contributed by atoms with Gasteiger partial charge in [0.15, 0.2) is 0 Å². The minimum Gasteiger partial charge on any atom is -0.297 e. The molecule has 1 heterocycles. The Labute approximate surface area is 108 Å². The lowest BCUT2D eigenvalue weighted by Gasteiger charge is -2.05. The maximum Gasteiger partial charge on any atom is 0.0933 e. The summed E-state index contributed by atoms with van der Waals surface area (Å²) in [6, 6.07) is 10.1. The van der Waals surface area contributed by atoms with E-state index in [1.165, 1.54) is 5.56 Å². The Morgan fingerprint density at radius 2 is 2.06 bits per heavy atom. The molecule has 4 heteroatoms. The minimum atomic E-state index is 0.572. The van der Waals surface area contributed by atoms with Crippen LogP contribution in [-0.4, -0.2) is 9.78 Å². The fourth-order valence-electron chi connectivity index (χ4n) is 1.87. The lowest BCUT2D eigenvalue weighted by Crippen LogP contribution is -2.14. The van der Waals surface area contributed by atoms with Crippen LogP contribution < -0.4 is 5.48 Å². The van der Waals surface area contributed by atoms with Crippen LogP contribution in [0.3, 0.4) is 0 Å². The molecule has 0 saturated heterocycles. The first-order chi connectivity index (χ1) is 8.79. The molecule has 0 spiro atoms. The highest BCUT2D eigenvalue weighted by Crippen LogP contribution is 2.07. The highest BCUT2D eigenvalue weighted by atomic mass is 16.6. The van der Waals surface area contributed by atoms with Crippen LogP contribution in [0.5, 0.6) is 0 Å². The van der Waals surface area contributed by atoms with Crippen molar-refractivity contribution in [1.29, 1.82) is 0 Å². The average Bonchev–Trinajstić information content (AvgIpc) is 2.76. The largest absolute Gasteiger partial charge is 0.297 e. The molecule has 0 aliphatic rings. The Kier molecular flexibility index (Phi) is 4.50. The van der Waals surface area contributed by atoms with Crippen molar-refractivity contribution in [3.05, 3.63) is 53.3 Å². The Bertz CT molecular complexity index is 479. The van der Waals surface area contributed by atoms with Crippen molar-refractivity contribution in [3.8, 4) is 0 Å². The van der Waals surface area contributed by atoms with Gasteiger partial charge in [0.05, 0.1) is 12.3 Å². The molecule has 0 amide bonds. The van der Waals surface area contributed by atoms with Gasteiger partial charge in [-0.2, -0.15) is 10.6 Å². The van der Waals surface area contributed by atoms with Gasteiger partial charge in [-0.05, 0) is 12.0 Å². The first-order valence-corrected chi connectivity index (χ1v) is 6.19. The molecule has 2 aromatic rings. The van der Waals surface area contributed by atoms with Crippen molar-refractivity contribution in [2.75, 3.05) is 0 Å². The number of benzene rings is 1. The van der Waals surface area contributed by atoms with E-state index in [9.17, 15) is 0 Å². The number of aromatic nitrogens is 2. The SMILES string of the molecule is CCc1nn(C)cc1CNOCc1ccccc1. The normalized spacial score (nSPS) is 10.8. The molecule has 96 valence electrons. The Morgan fingerprint density at radius 3 is 2.78 bits per heavy atom. The van der Waals surface area contributed by atoms with Crippen molar-refractivity contribution in [1.82, 2.24) is 15.3 Å². The second-order valence-corrected chi connectivity index (χ2v) is 4.22. The van der Waals surface area contributed by atoms with Gasteiger partial charge >= 0.3 is 0 Å². The van der Waals surface area contributed by atoms with Gasteiger partial charge in [-0.25, -0.2) is 0 Å². The molecule has 0 radical (unpaired) electrons. The second kappa shape index (κ2) is 6.33. The molecule has 0 fully saturated rings. The number of aryl methyl sites for hydroxylation is 2. The zero-order valence-corrected chi connectivity index (χ0v) is 10.9. The first kappa shape index (κ1) is 12.8. The van der Waals surface area contributed by atoms with Crippen molar-refractivity contribution in [2.24, 2.45) is 7.05 Å². The Hall–Kier alpha value is -1.65. The van der Waals surface area contributed by atoms with E-state index >= 15 is 0 Å². The first-order valence-electron chi connectivity index (χ1n) is 6.19. The number of nitrogens with one attached hydrogen (secondary N) is 1. The van der Waals surface area contributed by atoms with Crippen LogP contribution in [0.25, 0.3) is 0 Å². The molecule has 0 bridgehead atoms. The topological polar surface area (TPSA) is 39.1 Å². The van der Waals surface area contributed by atoms with E-state index in [1.807, 2.05) is 48.3 Å². The Balaban J connectivity index is 1.78. The molecule has 0 saturated carbocycles. The third kappa shape index (κ3) is 3.42. The predicted octanol–water partition coefficient (Wildman–Crippen LogP) is 2.20. The number of rotatable bonds is 6. The summed E-state index contributed by atoms with van der Waals surface area (Å²) < 4.78 is 1.84. The second-order valence-electron chi connectivity index (χ2n) is 4.22. The lowest BCUT2D eigenvalue weighted by molar-refractivity contribution is 0.0234. The van der Waals surface area contributed by atoms with Crippen molar-refractivity contribution in [2.45, 2.75) is 26.5 Å². The van der Waals surface area contributed by atoms with Gasteiger partial charge < -0.3 is 0 Å². The summed E-state index contributed by atoms with van der Waals surface area (Å²) in [5.41, 5.74) is 6.45. The van der Waals surface area contributed by atoms with Crippen molar-refractivity contribution < 1.29 is 4.84 Å². The summed E-state index contributed by atoms with van der Waals surface area (Å²) in [4.78, 5) is 5.45. The van der Waals surface area contributed by atoms with Crippen LogP contribution in [0.15, 0.2) is 36.5 Å². The van der Waals surface area contributed by atoms with Crippen LogP contribution in [0, 0.1) is 0 Å². The zero-order chi connectivity index (χ0) is 12.8. The number of hydroxylamine groups is 1. The number of hydrogen-bond donors (Lipinski definition) is 1. The van der Waals surface area contributed by atoms with Crippen LogP contribution in [-0.2, 0) is 31.5 Å². The summed E-state index contributed by atoms with van der Waals surface area (Å²) in [6.07, 6.45) is 2.97. The van der Waals surface area contributed by atoms with Gasteiger partial charge in [0.25, 0.3) is 0 Å². The molecule has 0 unspecified atom stereocenters. The van der Waals surface area contributed by atoms with E-state index in [1.54, 1.807) is 0 Å². The molecular weight excluding hydrogens is 226 g/mol. The average molecular weight is 245 g/mol. The van der Waals surface area contributed by atoms with E-state index in [4.69, 9.17) is 4.84 Å². The van der Waals surface area contributed by atoms with E-state index in [2.05, 4.69) is 17.5 Å². The Morgan fingerprint density at radius 1 is 1.28 bits per heavy atom. The maximum atomic E-state index is 5.45. The highest BCUT2D eigenvalue weighted by Gasteiger charge is 2.04. The standard InChI is InChI=1S/C14H19N3O/c1-3-14-13(10-17(2)16-14)9-15-18-11-12-7-5-4-6-8-12/h4-8,10,15H,3,9,11H2,1-2H3. The molecular formula is C14H19N3O. The van der Waals surface area contributed by atoms with E-state index < -0.39 is 0 Å². The van der Waals surface area contributed by atoms with Crippen LogP contribution in [0.4, 0.5) is 0 Å². The van der Waals surface area contributed by atoms with E-state index in [0.29, 0.717) is 13.2 Å². The quantitative estimate of drug-likeness (QED) is 0.626. The van der Waals surface area contributed by atoms with Gasteiger partial charge in [-0.1, -0.05) is 37.3 Å². The van der Waals surface area contributed by atoms with Crippen LogP contribution in [0.2, 0.25) is 0 Å². The van der Waals surface area contributed by atoms with E-state index in [-0.39, 0.29) is 0 Å². The van der Waals surface area contributed by atoms with Gasteiger partial charge in [0.2, 0.25) is 0 Å². The van der Waals surface area contributed by atoms with Gasteiger partial charge in [-0.3, -0.25) is 9.52 Å². The smallest absolute Gasteiger partial charge is 0.0933 e. The lowest BCUT2D eigenvalue weighted by atomic mass is 10.2. The fraction of sp³-hybridized carbons (Fsp3) is 0.357. The molecule has 18 heavy (non-hydrogen) atoms. The molecule has 2 rings (SSSR count). The summed E-state index contributed by atoms with van der Waals surface area (Å²) >= 11 is 0. The van der Waals surface area contributed by atoms with Crippen LogP contribution in [0.1, 0.15) is 23.7 Å². The molecule has 4 nitrogen and oxygen atoms in total. The molecule has 1 aromatic heterocycles.